The number of nitrogens with one attached hydrogen (secondary N) is 1. The molecule has 1 unspecified atom stereocenters. The molecule has 6 nitrogen and oxygen atoms in total. The average Bonchev–Trinajstić information content (AvgIpc) is 2.35. The molecule has 0 saturated carbocycles. The van der Waals surface area contributed by atoms with Crippen LogP contribution in [0.4, 0.5) is 16.0 Å². The first-order valence-corrected chi connectivity index (χ1v) is 5.99. The van der Waals surface area contributed by atoms with E-state index in [1.54, 1.807) is 6.92 Å². The summed E-state index contributed by atoms with van der Waals surface area (Å²) in [5, 5.41) is 0. The molecule has 1 fully saturated rings. The number of anilines is 2. The Kier molecular flexibility index (Phi) is 3.63. The third kappa shape index (κ3) is 2.37. The first kappa shape index (κ1) is 13.0. The molecule has 1 aromatic rings. The Morgan fingerprint density at radius 2 is 2.11 bits per heavy atom. The van der Waals surface area contributed by atoms with Crippen LogP contribution in [0.3, 0.4) is 0 Å². The van der Waals surface area contributed by atoms with Crippen LogP contribution in [0, 0.1) is 12.7 Å². The van der Waals surface area contributed by atoms with E-state index in [-0.39, 0.29) is 5.82 Å². The van der Waals surface area contributed by atoms with Crippen molar-refractivity contribution < 1.29 is 4.39 Å². The van der Waals surface area contributed by atoms with Gasteiger partial charge in [0.25, 0.3) is 0 Å². The number of hydrogen-bond acceptors (Lipinski definition) is 6. The molecule has 1 aromatic heterocycles. The maximum Gasteiger partial charge on any atom is 0.209 e. The van der Waals surface area contributed by atoms with Crippen LogP contribution in [0.5, 0.6) is 0 Å². The van der Waals surface area contributed by atoms with Crippen LogP contribution < -0.4 is 16.2 Å². The Labute approximate surface area is 106 Å². The van der Waals surface area contributed by atoms with Crippen molar-refractivity contribution in [3.63, 3.8) is 0 Å². The molecule has 0 radical (unpaired) electrons. The predicted molar refractivity (Wildman–Crippen MR) is 68.8 cm³/mol. The van der Waals surface area contributed by atoms with E-state index in [9.17, 15) is 4.39 Å². The molecule has 1 aliphatic rings. The summed E-state index contributed by atoms with van der Waals surface area (Å²) in [7, 11) is 2.07. The topological polar surface area (TPSA) is 70.3 Å². The normalized spacial score (nSPS) is 21.2. The van der Waals surface area contributed by atoms with E-state index in [1.807, 2.05) is 4.90 Å². The zero-order chi connectivity index (χ0) is 13.3. The van der Waals surface area contributed by atoms with Crippen LogP contribution in [0.2, 0.25) is 0 Å². The van der Waals surface area contributed by atoms with Crippen molar-refractivity contribution in [1.29, 1.82) is 0 Å². The Balaban J connectivity index is 2.30. The lowest BCUT2D eigenvalue weighted by molar-refractivity contribution is 0.232. The van der Waals surface area contributed by atoms with Crippen LogP contribution in [0.15, 0.2) is 0 Å². The van der Waals surface area contributed by atoms with Crippen molar-refractivity contribution in [2.24, 2.45) is 5.84 Å². The fourth-order valence-electron chi connectivity index (χ4n) is 2.09. The molecule has 100 valence electrons. The minimum atomic E-state index is -0.486. The smallest absolute Gasteiger partial charge is 0.209 e. The Morgan fingerprint density at radius 1 is 1.39 bits per heavy atom. The van der Waals surface area contributed by atoms with Gasteiger partial charge in [0.15, 0.2) is 11.6 Å². The molecular formula is C11H19FN6. The number of hydrazine groups is 1. The lowest BCUT2D eigenvalue weighted by Crippen LogP contribution is -2.50. The maximum absolute atomic E-state index is 14.1. The number of nitrogens with two attached hydrogens (primary N) is 1. The number of hydrogen-bond donors (Lipinski definition) is 2. The van der Waals surface area contributed by atoms with Crippen molar-refractivity contribution in [2.45, 2.75) is 19.9 Å². The Morgan fingerprint density at radius 3 is 2.72 bits per heavy atom. The van der Waals surface area contributed by atoms with E-state index in [0.717, 1.165) is 19.6 Å². The average molecular weight is 254 g/mol. The van der Waals surface area contributed by atoms with Crippen LogP contribution in [-0.2, 0) is 0 Å². The molecule has 7 heteroatoms. The summed E-state index contributed by atoms with van der Waals surface area (Å²) in [4.78, 5) is 12.3. The standard InChI is InChI=1S/C11H19FN6/c1-7-6-18(5-4-17(7)3)11-9(12)10(16-13)14-8(2)15-11/h7H,4-6,13H2,1-3H3,(H,14,15,16). The molecule has 18 heavy (non-hydrogen) atoms. The van der Waals surface area contributed by atoms with Gasteiger partial charge in [-0.15, -0.1) is 0 Å². The molecule has 2 heterocycles. The van der Waals surface area contributed by atoms with Crippen molar-refractivity contribution in [1.82, 2.24) is 14.9 Å². The summed E-state index contributed by atoms with van der Waals surface area (Å²) in [6.45, 7) is 6.21. The number of aromatic nitrogens is 2. The highest BCUT2D eigenvalue weighted by Gasteiger charge is 2.25. The summed E-state index contributed by atoms with van der Waals surface area (Å²) < 4.78 is 14.1. The number of halogens is 1. The van der Waals surface area contributed by atoms with Gasteiger partial charge in [-0.3, -0.25) is 0 Å². The van der Waals surface area contributed by atoms with Gasteiger partial charge in [-0.2, -0.15) is 4.39 Å². The molecule has 1 aliphatic heterocycles. The zero-order valence-electron chi connectivity index (χ0n) is 10.9. The van der Waals surface area contributed by atoms with Gasteiger partial charge in [0.1, 0.15) is 5.82 Å². The van der Waals surface area contributed by atoms with Crippen molar-refractivity contribution >= 4 is 11.6 Å². The molecule has 3 N–H and O–H groups in total. The Hall–Kier alpha value is -1.47. The summed E-state index contributed by atoms with van der Waals surface area (Å²) in [5.41, 5.74) is 2.27. The lowest BCUT2D eigenvalue weighted by atomic mass is 10.2. The molecule has 0 spiro atoms. The quantitative estimate of drug-likeness (QED) is 0.586. The van der Waals surface area contributed by atoms with Crippen LogP contribution in [0.25, 0.3) is 0 Å². The van der Waals surface area contributed by atoms with Gasteiger partial charge in [0.05, 0.1) is 0 Å². The highest BCUT2D eigenvalue weighted by Crippen LogP contribution is 2.24. The minimum absolute atomic E-state index is 0.0454. The number of nitrogens with zero attached hydrogens (tertiary/aromatic N) is 4. The fraction of sp³-hybridized carbons (Fsp3) is 0.636. The summed E-state index contributed by atoms with van der Waals surface area (Å²) in [6.07, 6.45) is 0. The summed E-state index contributed by atoms with van der Waals surface area (Å²) >= 11 is 0. The molecule has 1 saturated heterocycles. The van der Waals surface area contributed by atoms with Gasteiger partial charge < -0.3 is 15.2 Å². The number of nitrogen functional groups attached to an aromatic ring is 1. The third-order valence-electron chi connectivity index (χ3n) is 3.34. The van der Waals surface area contributed by atoms with Gasteiger partial charge in [0.2, 0.25) is 5.82 Å². The fourth-order valence-corrected chi connectivity index (χ4v) is 2.09. The second kappa shape index (κ2) is 5.03. The van der Waals surface area contributed by atoms with E-state index >= 15 is 0 Å². The highest BCUT2D eigenvalue weighted by molar-refractivity contribution is 5.51. The predicted octanol–water partition coefficient (Wildman–Crippen LogP) is 0.350. The molecule has 1 atom stereocenters. The summed E-state index contributed by atoms with van der Waals surface area (Å²) in [6, 6.07) is 0.364. The van der Waals surface area contributed by atoms with Crippen molar-refractivity contribution in [3.05, 3.63) is 11.6 Å². The number of aryl methyl sites for hydroxylation is 1. The SMILES string of the molecule is Cc1nc(NN)c(F)c(N2CCN(C)C(C)C2)n1. The first-order valence-electron chi connectivity index (χ1n) is 5.99. The molecule has 0 aliphatic carbocycles. The van der Waals surface area contributed by atoms with Gasteiger partial charge in [-0.05, 0) is 20.9 Å². The van der Waals surface area contributed by atoms with Gasteiger partial charge in [-0.1, -0.05) is 0 Å². The monoisotopic (exact) mass is 254 g/mol. The first-order chi connectivity index (χ1) is 8.52. The zero-order valence-corrected chi connectivity index (χ0v) is 10.9. The van der Waals surface area contributed by atoms with E-state index in [1.165, 1.54) is 0 Å². The van der Waals surface area contributed by atoms with Gasteiger partial charge in [0, 0.05) is 25.7 Å². The largest absolute Gasteiger partial charge is 0.351 e. The van der Waals surface area contributed by atoms with Crippen molar-refractivity contribution in [3.8, 4) is 0 Å². The van der Waals surface area contributed by atoms with E-state index in [4.69, 9.17) is 5.84 Å². The van der Waals surface area contributed by atoms with Gasteiger partial charge in [-0.25, -0.2) is 15.8 Å². The second-order valence-corrected chi connectivity index (χ2v) is 4.68. The lowest BCUT2D eigenvalue weighted by Gasteiger charge is -2.38. The van der Waals surface area contributed by atoms with Crippen LogP contribution in [-0.4, -0.2) is 47.6 Å². The van der Waals surface area contributed by atoms with Crippen LogP contribution >= 0.6 is 0 Å². The molecule has 0 amide bonds. The Bertz CT molecular complexity index is 438. The minimum Gasteiger partial charge on any atom is -0.351 e. The molecular weight excluding hydrogens is 235 g/mol. The van der Waals surface area contributed by atoms with Gasteiger partial charge >= 0.3 is 0 Å². The van der Waals surface area contributed by atoms with Crippen molar-refractivity contribution in [2.75, 3.05) is 37.0 Å². The van der Waals surface area contributed by atoms with E-state index in [2.05, 4.69) is 34.3 Å². The number of rotatable bonds is 2. The number of likely N-dealkylation sites (N-methyl/N-ethyl adjacent to an activating group) is 1. The molecule has 2 rings (SSSR count). The van der Waals surface area contributed by atoms with E-state index < -0.39 is 5.82 Å². The highest BCUT2D eigenvalue weighted by atomic mass is 19.1. The number of piperazine rings is 1. The van der Waals surface area contributed by atoms with E-state index in [0.29, 0.717) is 17.7 Å². The molecule has 0 bridgehead atoms. The maximum atomic E-state index is 14.1. The summed E-state index contributed by atoms with van der Waals surface area (Å²) in [5.74, 6) is 5.65. The second-order valence-electron chi connectivity index (χ2n) is 4.68. The van der Waals surface area contributed by atoms with Crippen LogP contribution in [0.1, 0.15) is 12.7 Å². The third-order valence-corrected chi connectivity index (χ3v) is 3.34. The molecule has 0 aromatic carbocycles.